The van der Waals surface area contributed by atoms with Crippen molar-refractivity contribution >= 4 is 5.69 Å². The van der Waals surface area contributed by atoms with E-state index in [1.807, 2.05) is 13.0 Å². The maximum Gasteiger partial charge on any atom is 0.128 e. The summed E-state index contributed by atoms with van der Waals surface area (Å²) in [4.78, 5) is 2.32. The minimum atomic E-state index is -0.128. The van der Waals surface area contributed by atoms with Crippen LogP contribution in [0.1, 0.15) is 32.8 Å². The highest BCUT2D eigenvalue weighted by Crippen LogP contribution is 2.32. The zero-order valence-electron chi connectivity index (χ0n) is 11.5. The third-order valence-corrected chi connectivity index (χ3v) is 3.71. The number of hydrogen-bond donors (Lipinski definition) is 1. The van der Waals surface area contributed by atoms with Crippen LogP contribution < -0.4 is 10.6 Å². The molecule has 3 unspecified atom stereocenters. The molecule has 2 rings (SSSR count). The number of nitrogens with zero attached hydrogens (tertiary/aromatic N) is 1. The highest BCUT2D eigenvalue weighted by atomic mass is 19.1. The molecule has 0 saturated carbocycles. The monoisotopic (exact) mass is 250 g/mol. The van der Waals surface area contributed by atoms with Gasteiger partial charge in [0.05, 0.1) is 0 Å². The maximum atomic E-state index is 14.0. The number of anilines is 1. The van der Waals surface area contributed by atoms with Crippen LogP contribution >= 0.6 is 0 Å². The predicted octanol–water partition coefficient (Wildman–Crippen LogP) is 2.95. The van der Waals surface area contributed by atoms with Crippen molar-refractivity contribution in [2.45, 2.75) is 45.7 Å². The molecule has 0 spiro atoms. The Morgan fingerprint density at radius 1 is 1.44 bits per heavy atom. The van der Waals surface area contributed by atoms with Crippen LogP contribution in [0.25, 0.3) is 0 Å². The Kier molecular flexibility index (Phi) is 3.91. The smallest absolute Gasteiger partial charge is 0.128 e. The Morgan fingerprint density at radius 3 is 2.72 bits per heavy atom. The molecule has 1 heterocycles. The van der Waals surface area contributed by atoms with E-state index in [4.69, 9.17) is 5.73 Å². The van der Waals surface area contributed by atoms with Gasteiger partial charge in [0.2, 0.25) is 0 Å². The SMILES string of the molecule is CC(N)Cc1c(F)cccc1N1CC(C)CC1C. The van der Waals surface area contributed by atoms with Gasteiger partial charge in [-0.25, -0.2) is 4.39 Å². The molecule has 2 N–H and O–H groups in total. The van der Waals surface area contributed by atoms with Crippen molar-refractivity contribution < 1.29 is 4.39 Å². The summed E-state index contributed by atoms with van der Waals surface area (Å²) in [6.45, 7) is 7.40. The lowest BCUT2D eigenvalue weighted by atomic mass is 10.0. The molecule has 2 nitrogen and oxygen atoms in total. The van der Waals surface area contributed by atoms with Gasteiger partial charge < -0.3 is 10.6 Å². The zero-order valence-corrected chi connectivity index (χ0v) is 11.5. The van der Waals surface area contributed by atoms with Gasteiger partial charge in [0, 0.05) is 29.9 Å². The molecule has 1 aliphatic heterocycles. The topological polar surface area (TPSA) is 29.3 Å². The predicted molar refractivity (Wildman–Crippen MR) is 74.3 cm³/mol. The van der Waals surface area contributed by atoms with Crippen molar-refractivity contribution in [3.05, 3.63) is 29.6 Å². The highest BCUT2D eigenvalue weighted by molar-refractivity contribution is 5.56. The first kappa shape index (κ1) is 13.3. The van der Waals surface area contributed by atoms with Crippen LogP contribution in [0.4, 0.5) is 10.1 Å². The standard InChI is InChI=1S/C15H23FN2/c1-10-7-12(3)18(9-10)15-6-4-5-14(16)13(15)8-11(2)17/h4-6,10-12H,7-9,17H2,1-3H3. The van der Waals surface area contributed by atoms with Crippen LogP contribution in [0.2, 0.25) is 0 Å². The molecular weight excluding hydrogens is 227 g/mol. The number of rotatable bonds is 3. The zero-order chi connectivity index (χ0) is 13.3. The minimum Gasteiger partial charge on any atom is -0.368 e. The molecule has 0 amide bonds. The first-order valence-electron chi connectivity index (χ1n) is 6.78. The van der Waals surface area contributed by atoms with Gasteiger partial charge in [0.1, 0.15) is 5.82 Å². The molecule has 1 aromatic rings. The van der Waals surface area contributed by atoms with Gasteiger partial charge in [0.15, 0.2) is 0 Å². The van der Waals surface area contributed by atoms with Crippen LogP contribution in [-0.4, -0.2) is 18.6 Å². The lowest BCUT2D eigenvalue weighted by molar-refractivity contribution is 0.593. The Balaban J connectivity index is 2.35. The second kappa shape index (κ2) is 5.27. The maximum absolute atomic E-state index is 14.0. The summed E-state index contributed by atoms with van der Waals surface area (Å²) in [5, 5.41) is 0. The van der Waals surface area contributed by atoms with Gasteiger partial charge in [-0.1, -0.05) is 13.0 Å². The van der Waals surface area contributed by atoms with Crippen molar-refractivity contribution in [3.63, 3.8) is 0 Å². The fourth-order valence-corrected chi connectivity index (χ4v) is 2.98. The Morgan fingerprint density at radius 2 is 2.17 bits per heavy atom. The van der Waals surface area contributed by atoms with Crippen LogP contribution in [0.15, 0.2) is 18.2 Å². The second-order valence-corrected chi connectivity index (χ2v) is 5.76. The molecule has 0 aromatic heterocycles. The van der Waals surface area contributed by atoms with E-state index in [-0.39, 0.29) is 11.9 Å². The van der Waals surface area contributed by atoms with Crippen LogP contribution in [0.5, 0.6) is 0 Å². The van der Waals surface area contributed by atoms with Crippen molar-refractivity contribution in [1.82, 2.24) is 0 Å². The van der Waals surface area contributed by atoms with E-state index >= 15 is 0 Å². The normalized spacial score (nSPS) is 25.5. The van der Waals surface area contributed by atoms with Gasteiger partial charge >= 0.3 is 0 Å². The fourth-order valence-electron chi connectivity index (χ4n) is 2.98. The van der Waals surface area contributed by atoms with E-state index in [2.05, 4.69) is 18.7 Å². The Labute approximate surface area is 109 Å². The van der Waals surface area contributed by atoms with Gasteiger partial charge in [-0.05, 0) is 44.7 Å². The highest BCUT2D eigenvalue weighted by Gasteiger charge is 2.28. The third-order valence-electron chi connectivity index (χ3n) is 3.71. The molecule has 1 aliphatic rings. The molecule has 0 radical (unpaired) electrons. The Bertz CT molecular complexity index is 417. The van der Waals surface area contributed by atoms with E-state index < -0.39 is 0 Å². The number of benzene rings is 1. The van der Waals surface area contributed by atoms with Crippen LogP contribution in [0, 0.1) is 11.7 Å². The molecule has 3 heteroatoms. The molecule has 0 bridgehead atoms. The van der Waals surface area contributed by atoms with E-state index in [1.165, 1.54) is 12.5 Å². The molecule has 18 heavy (non-hydrogen) atoms. The summed E-state index contributed by atoms with van der Waals surface area (Å²) in [6.07, 6.45) is 1.77. The second-order valence-electron chi connectivity index (χ2n) is 5.76. The number of nitrogens with two attached hydrogens (primary N) is 1. The minimum absolute atomic E-state index is 0.0176. The summed E-state index contributed by atoms with van der Waals surface area (Å²) >= 11 is 0. The molecule has 1 fully saturated rings. The summed E-state index contributed by atoms with van der Waals surface area (Å²) in [5.74, 6) is 0.544. The largest absolute Gasteiger partial charge is 0.368 e. The first-order chi connectivity index (χ1) is 8.49. The molecule has 0 aliphatic carbocycles. The van der Waals surface area contributed by atoms with Crippen molar-refractivity contribution in [1.29, 1.82) is 0 Å². The van der Waals surface area contributed by atoms with Crippen molar-refractivity contribution in [2.75, 3.05) is 11.4 Å². The van der Waals surface area contributed by atoms with Gasteiger partial charge in [-0.2, -0.15) is 0 Å². The average molecular weight is 250 g/mol. The molecular formula is C15H23FN2. The molecule has 1 saturated heterocycles. The van der Waals surface area contributed by atoms with E-state index in [0.29, 0.717) is 18.4 Å². The summed E-state index contributed by atoms with van der Waals surface area (Å²) in [7, 11) is 0. The summed E-state index contributed by atoms with van der Waals surface area (Å²) < 4.78 is 14.0. The quantitative estimate of drug-likeness (QED) is 0.893. The van der Waals surface area contributed by atoms with E-state index in [1.54, 1.807) is 6.07 Å². The van der Waals surface area contributed by atoms with Crippen molar-refractivity contribution in [2.24, 2.45) is 11.7 Å². The molecule has 3 atom stereocenters. The van der Waals surface area contributed by atoms with Crippen LogP contribution in [-0.2, 0) is 6.42 Å². The third kappa shape index (κ3) is 2.66. The van der Waals surface area contributed by atoms with Crippen molar-refractivity contribution in [3.8, 4) is 0 Å². The summed E-state index contributed by atoms with van der Waals surface area (Å²) in [5.41, 5.74) is 7.64. The van der Waals surface area contributed by atoms with Gasteiger partial charge in [-0.15, -0.1) is 0 Å². The lowest BCUT2D eigenvalue weighted by Gasteiger charge is -2.27. The first-order valence-corrected chi connectivity index (χ1v) is 6.78. The number of hydrogen-bond acceptors (Lipinski definition) is 2. The lowest BCUT2D eigenvalue weighted by Crippen LogP contribution is -2.29. The molecule has 100 valence electrons. The fraction of sp³-hybridized carbons (Fsp3) is 0.600. The van der Waals surface area contributed by atoms with E-state index in [9.17, 15) is 4.39 Å². The summed E-state index contributed by atoms with van der Waals surface area (Å²) in [6, 6.07) is 5.82. The van der Waals surface area contributed by atoms with Gasteiger partial charge in [0.25, 0.3) is 0 Å². The molecule has 1 aromatic carbocycles. The van der Waals surface area contributed by atoms with Crippen LogP contribution in [0.3, 0.4) is 0 Å². The van der Waals surface area contributed by atoms with E-state index in [0.717, 1.165) is 17.8 Å². The van der Waals surface area contributed by atoms with Gasteiger partial charge in [-0.3, -0.25) is 0 Å². The Hall–Kier alpha value is -1.09. The number of halogens is 1. The average Bonchev–Trinajstić information content (AvgIpc) is 2.60.